The number of amides is 1. The molecule has 5 heteroatoms. The van der Waals surface area contributed by atoms with Gasteiger partial charge in [-0.2, -0.15) is 0 Å². The van der Waals surface area contributed by atoms with Crippen molar-refractivity contribution in [2.24, 2.45) is 0 Å². The predicted octanol–water partition coefficient (Wildman–Crippen LogP) is 0.864. The fourth-order valence-electron chi connectivity index (χ4n) is 2.86. The van der Waals surface area contributed by atoms with Gasteiger partial charge in [-0.1, -0.05) is 6.07 Å². The number of hydrogen-bond acceptors (Lipinski definition) is 3. The van der Waals surface area contributed by atoms with Crippen LogP contribution < -0.4 is 5.32 Å². The molecule has 108 valence electrons. The molecule has 0 unspecified atom stereocenters. The maximum absolute atomic E-state index is 13.8. The molecule has 0 aromatic heterocycles. The molecule has 0 saturated carbocycles. The summed E-state index contributed by atoms with van der Waals surface area (Å²) in [4.78, 5) is 16.4. The molecule has 0 radical (unpaired) electrons. The van der Waals surface area contributed by atoms with Crippen molar-refractivity contribution >= 4 is 5.91 Å². The summed E-state index contributed by atoms with van der Waals surface area (Å²) in [5, 5.41) is 3.32. The van der Waals surface area contributed by atoms with E-state index in [0.29, 0.717) is 19.1 Å². The van der Waals surface area contributed by atoms with Crippen molar-refractivity contribution in [2.45, 2.75) is 13.0 Å². The highest BCUT2D eigenvalue weighted by Gasteiger charge is 2.36. The first kappa shape index (κ1) is 13.5. The number of rotatable bonds is 2. The molecule has 4 nitrogen and oxygen atoms in total. The Morgan fingerprint density at radius 2 is 2.00 bits per heavy atom. The first-order valence-electron chi connectivity index (χ1n) is 7.15. The van der Waals surface area contributed by atoms with Crippen molar-refractivity contribution < 1.29 is 9.18 Å². The van der Waals surface area contributed by atoms with Crippen molar-refractivity contribution in [3.05, 3.63) is 35.1 Å². The van der Waals surface area contributed by atoms with Crippen molar-refractivity contribution in [3.8, 4) is 0 Å². The zero-order valence-corrected chi connectivity index (χ0v) is 11.7. The number of benzene rings is 1. The first-order valence-corrected chi connectivity index (χ1v) is 7.15. The van der Waals surface area contributed by atoms with E-state index in [4.69, 9.17) is 0 Å². The molecule has 2 aliphatic heterocycles. The Labute approximate surface area is 118 Å². The molecule has 1 amide bonds. The molecule has 3 rings (SSSR count). The lowest BCUT2D eigenvalue weighted by molar-refractivity contribution is 0.0224. The van der Waals surface area contributed by atoms with Gasteiger partial charge >= 0.3 is 0 Å². The lowest BCUT2D eigenvalue weighted by Crippen LogP contribution is -2.63. The van der Waals surface area contributed by atoms with Crippen molar-refractivity contribution in [3.63, 3.8) is 0 Å². The van der Waals surface area contributed by atoms with Gasteiger partial charge in [-0.25, -0.2) is 4.39 Å². The van der Waals surface area contributed by atoms with Crippen LogP contribution in [-0.2, 0) is 0 Å². The minimum Gasteiger partial charge on any atom is -0.335 e. The first-order chi connectivity index (χ1) is 9.65. The van der Waals surface area contributed by atoms with Gasteiger partial charge in [0.2, 0.25) is 0 Å². The maximum atomic E-state index is 13.8. The van der Waals surface area contributed by atoms with Crippen LogP contribution in [0.3, 0.4) is 0 Å². The fraction of sp³-hybridized carbons (Fsp3) is 0.533. The standard InChI is InChI=1S/C15H20FN3O/c1-11-2-3-13(14(16)8-11)15(20)19-9-12(10-19)18-6-4-17-5-7-18/h2-3,8,12,17H,4-7,9-10H2,1H3. The van der Waals surface area contributed by atoms with Gasteiger partial charge in [-0.05, 0) is 24.6 Å². The Morgan fingerprint density at radius 3 is 2.65 bits per heavy atom. The lowest BCUT2D eigenvalue weighted by Gasteiger charge is -2.46. The minimum absolute atomic E-state index is 0.186. The largest absolute Gasteiger partial charge is 0.335 e. The van der Waals surface area contributed by atoms with Crippen LogP contribution in [0.25, 0.3) is 0 Å². The van der Waals surface area contributed by atoms with E-state index in [1.165, 1.54) is 6.07 Å². The number of carbonyl (C=O) groups excluding carboxylic acids is 1. The molecule has 1 aromatic rings. The highest BCUT2D eigenvalue weighted by molar-refractivity contribution is 5.95. The molecule has 2 heterocycles. The van der Waals surface area contributed by atoms with Gasteiger partial charge in [0, 0.05) is 45.3 Å². The van der Waals surface area contributed by atoms with Gasteiger partial charge in [0.15, 0.2) is 0 Å². The highest BCUT2D eigenvalue weighted by atomic mass is 19.1. The molecular formula is C15H20FN3O. The van der Waals surface area contributed by atoms with Gasteiger partial charge in [0.25, 0.3) is 5.91 Å². The summed E-state index contributed by atoms with van der Waals surface area (Å²) in [6.07, 6.45) is 0. The number of carbonyl (C=O) groups is 1. The van der Waals surface area contributed by atoms with Gasteiger partial charge < -0.3 is 10.2 Å². The molecular weight excluding hydrogens is 257 g/mol. The third-order valence-corrected chi connectivity index (χ3v) is 4.17. The molecule has 0 bridgehead atoms. The van der Waals surface area contributed by atoms with Gasteiger partial charge in [0.05, 0.1) is 5.56 Å². The summed E-state index contributed by atoms with van der Waals surface area (Å²) in [7, 11) is 0. The van der Waals surface area contributed by atoms with E-state index in [0.717, 1.165) is 31.7 Å². The lowest BCUT2D eigenvalue weighted by atomic mass is 10.0. The monoisotopic (exact) mass is 277 g/mol. The van der Waals surface area contributed by atoms with E-state index >= 15 is 0 Å². The molecule has 20 heavy (non-hydrogen) atoms. The van der Waals surface area contributed by atoms with Crippen LogP contribution >= 0.6 is 0 Å². The molecule has 0 atom stereocenters. The SMILES string of the molecule is Cc1ccc(C(=O)N2CC(N3CCNCC3)C2)c(F)c1. The molecule has 0 aliphatic carbocycles. The topological polar surface area (TPSA) is 35.6 Å². The fourth-order valence-corrected chi connectivity index (χ4v) is 2.86. The Morgan fingerprint density at radius 1 is 1.30 bits per heavy atom. The number of hydrogen-bond donors (Lipinski definition) is 1. The Kier molecular flexibility index (Phi) is 3.72. The zero-order chi connectivity index (χ0) is 14.1. The van der Waals surface area contributed by atoms with E-state index < -0.39 is 5.82 Å². The average molecular weight is 277 g/mol. The maximum Gasteiger partial charge on any atom is 0.256 e. The van der Waals surface area contributed by atoms with Gasteiger partial charge in [-0.3, -0.25) is 9.69 Å². The van der Waals surface area contributed by atoms with Crippen LogP contribution in [0.4, 0.5) is 4.39 Å². The Balaban J connectivity index is 1.60. The molecule has 1 aromatic carbocycles. The van der Waals surface area contributed by atoms with E-state index in [9.17, 15) is 9.18 Å². The van der Waals surface area contributed by atoms with Gasteiger partial charge in [-0.15, -0.1) is 0 Å². The third kappa shape index (κ3) is 2.55. The van der Waals surface area contributed by atoms with Crippen LogP contribution in [0.5, 0.6) is 0 Å². The normalized spacial score (nSPS) is 20.8. The number of halogens is 1. The summed E-state index contributed by atoms with van der Waals surface area (Å²) in [5.41, 5.74) is 1.02. The molecule has 2 fully saturated rings. The van der Waals surface area contributed by atoms with Crippen LogP contribution in [0.2, 0.25) is 0 Å². The van der Waals surface area contributed by atoms with Crippen molar-refractivity contribution in [1.29, 1.82) is 0 Å². The number of piperazine rings is 1. The highest BCUT2D eigenvalue weighted by Crippen LogP contribution is 2.20. The van der Waals surface area contributed by atoms with Crippen molar-refractivity contribution in [2.75, 3.05) is 39.3 Å². The zero-order valence-electron chi connectivity index (χ0n) is 11.7. The second kappa shape index (κ2) is 5.50. The summed E-state index contributed by atoms with van der Waals surface area (Å²) in [6.45, 7) is 7.34. The summed E-state index contributed by atoms with van der Waals surface area (Å²) < 4.78 is 13.8. The number of aryl methyl sites for hydroxylation is 1. The van der Waals surface area contributed by atoms with Crippen LogP contribution in [0.1, 0.15) is 15.9 Å². The minimum atomic E-state index is -0.416. The van der Waals surface area contributed by atoms with Crippen LogP contribution in [-0.4, -0.2) is 61.0 Å². The Hall–Kier alpha value is -1.46. The number of likely N-dealkylation sites (tertiary alicyclic amines) is 1. The van der Waals surface area contributed by atoms with Crippen LogP contribution in [0.15, 0.2) is 18.2 Å². The summed E-state index contributed by atoms with van der Waals surface area (Å²) >= 11 is 0. The second-order valence-electron chi connectivity index (χ2n) is 5.63. The summed E-state index contributed by atoms with van der Waals surface area (Å²) in [6, 6.07) is 5.23. The predicted molar refractivity (Wildman–Crippen MR) is 75.3 cm³/mol. The Bertz CT molecular complexity index is 508. The van der Waals surface area contributed by atoms with Crippen LogP contribution in [0, 0.1) is 12.7 Å². The van der Waals surface area contributed by atoms with E-state index in [-0.39, 0.29) is 11.5 Å². The number of nitrogens with zero attached hydrogens (tertiary/aromatic N) is 2. The van der Waals surface area contributed by atoms with E-state index in [1.807, 2.05) is 6.92 Å². The average Bonchev–Trinajstić information content (AvgIpc) is 2.38. The summed E-state index contributed by atoms with van der Waals surface area (Å²) in [5.74, 6) is -0.602. The molecule has 1 N–H and O–H groups in total. The smallest absolute Gasteiger partial charge is 0.256 e. The van der Waals surface area contributed by atoms with E-state index in [2.05, 4.69) is 10.2 Å². The van der Waals surface area contributed by atoms with Crippen molar-refractivity contribution in [1.82, 2.24) is 15.1 Å². The molecule has 2 saturated heterocycles. The molecule has 2 aliphatic rings. The second-order valence-corrected chi connectivity index (χ2v) is 5.63. The van der Waals surface area contributed by atoms with Gasteiger partial charge in [0.1, 0.15) is 5.82 Å². The third-order valence-electron chi connectivity index (χ3n) is 4.17. The number of nitrogens with one attached hydrogen (secondary N) is 1. The molecule has 0 spiro atoms. The van der Waals surface area contributed by atoms with E-state index in [1.54, 1.807) is 17.0 Å². The quantitative estimate of drug-likeness (QED) is 0.871.